The Morgan fingerprint density at radius 2 is 2.00 bits per heavy atom. The van der Waals surface area contributed by atoms with Crippen molar-refractivity contribution in [3.05, 3.63) is 29.8 Å². The lowest BCUT2D eigenvalue weighted by Crippen LogP contribution is -2.30. The van der Waals surface area contributed by atoms with Gasteiger partial charge in [-0.05, 0) is 31.2 Å². The Morgan fingerprint density at radius 3 is 2.53 bits per heavy atom. The third-order valence-corrected chi connectivity index (χ3v) is 2.47. The van der Waals surface area contributed by atoms with Gasteiger partial charge in [-0.2, -0.15) is 0 Å². The highest BCUT2D eigenvalue weighted by molar-refractivity contribution is 5.75. The Labute approximate surface area is 102 Å². The second-order valence-corrected chi connectivity index (χ2v) is 3.62. The summed E-state index contributed by atoms with van der Waals surface area (Å²) in [7, 11) is 0. The molecule has 0 aromatic heterocycles. The molecule has 0 aliphatic heterocycles. The second kappa shape index (κ2) is 7.81. The van der Waals surface area contributed by atoms with Crippen LogP contribution in [0.1, 0.15) is 17.3 Å². The van der Waals surface area contributed by atoms with Crippen LogP contribution < -0.4 is 4.90 Å². The molecular weight excluding hydrogens is 218 g/mol. The smallest absolute Gasteiger partial charge is 0.150 e. The molecule has 0 saturated carbocycles. The van der Waals surface area contributed by atoms with E-state index in [1.807, 2.05) is 24.0 Å². The van der Waals surface area contributed by atoms with E-state index in [2.05, 4.69) is 0 Å². The van der Waals surface area contributed by atoms with Crippen molar-refractivity contribution in [1.29, 1.82) is 0 Å². The van der Waals surface area contributed by atoms with Crippen LogP contribution >= 0.6 is 0 Å². The molecule has 0 radical (unpaired) electrons. The summed E-state index contributed by atoms with van der Waals surface area (Å²) in [6.45, 7) is 4.67. The Hall–Kier alpha value is -1.39. The average Bonchev–Trinajstić information content (AvgIpc) is 2.38. The summed E-state index contributed by atoms with van der Waals surface area (Å²) >= 11 is 0. The number of carbonyl (C=O) groups is 1. The van der Waals surface area contributed by atoms with E-state index in [9.17, 15) is 4.79 Å². The van der Waals surface area contributed by atoms with Crippen molar-refractivity contribution in [1.82, 2.24) is 0 Å². The lowest BCUT2D eigenvalue weighted by atomic mass is 10.2. The molecule has 0 bridgehead atoms. The van der Waals surface area contributed by atoms with Crippen molar-refractivity contribution < 1.29 is 14.6 Å². The summed E-state index contributed by atoms with van der Waals surface area (Å²) in [6, 6.07) is 7.30. The number of rotatable bonds is 8. The molecule has 4 heteroatoms. The van der Waals surface area contributed by atoms with E-state index >= 15 is 0 Å². The van der Waals surface area contributed by atoms with E-state index in [1.54, 1.807) is 12.1 Å². The molecule has 0 amide bonds. The summed E-state index contributed by atoms with van der Waals surface area (Å²) in [4.78, 5) is 12.6. The largest absolute Gasteiger partial charge is 0.395 e. The molecule has 0 unspecified atom stereocenters. The van der Waals surface area contributed by atoms with Gasteiger partial charge in [-0.1, -0.05) is 0 Å². The summed E-state index contributed by atoms with van der Waals surface area (Å²) in [5.41, 5.74) is 1.65. The fourth-order valence-electron chi connectivity index (χ4n) is 1.57. The third-order valence-electron chi connectivity index (χ3n) is 2.47. The predicted octanol–water partition coefficient (Wildman–Crippen LogP) is 1.33. The number of hydrogen-bond donors (Lipinski definition) is 1. The van der Waals surface area contributed by atoms with Gasteiger partial charge in [0.1, 0.15) is 6.29 Å². The number of carbonyl (C=O) groups excluding carboxylic acids is 1. The van der Waals surface area contributed by atoms with Gasteiger partial charge in [-0.15, -0.1) is 0 Å². The van der Waals surface area contributed by atoms with Crippen molar-refractivity contribution in [2.45, 2.75) is 6.92 Å². The topological polar surface area (TPSA) is 49.8 Å². The number of nitrogens with zero attached hydrogens (tertiary/aromatic N) is 1. The Bertz CT molecular complexity index is 324. The molecule has 0 aliphatic rings. The maximum atomic E-state index is 10.6. The molecule has 0 heterocycles. The number of ether oxygens (including phenoxy) is 1. The highest BCUT2D eigenvalue weighted by Gasteiger charge is 2.05. The zero-order chi connectivity index (χ0) is 12.5. The SMILES string of the molecule is CCOCCN(CCO)c1ccc(C=O)cc1. The molecule has 0 fully saturated rings. The molecule has 0 spiro atoms. The minimum Gasteiger partial charge on any atom is -0.395 e. The number of anilines is 1. The molecule has 1 N–H and O–H groups in total. The van der Waals surface area contributed by atoms with Crippen LogP contribution in [0.5, 0.6) is 0 Å². The van der Waals surface area contributed by atoms with Gasteiger partial charge in [0.2, 0.25) is 0 Å². The zero-order valence-corrected chi connectivity index (χ0v) is 10.1. The predicted molar refractivity (Wildman–Crippen MR) is 67.6 cm³/mol. The fourth-order valence-corrected chi connectivity index (χ4v) is 1.57. The van der Waals surface area contributed by atoms with Crippen LogP contribution in [0.3, 0.4) is 0 Å². The summed E-state index contributed by atoms with van der Waals surface area (Å²) in [5.74, 6) is 0. The van der Waals surface area contributed by atoms with E-state index < -0.39 is 0 Å². The molecular formula is C13H19NO3. The summed E-state index contributed by atoms with van der Waals surface area (Å²) < 4.78 is 5.30. The fraction of sp³-hybridized carbons (Fsp3) is 0.462. The van der Waals surface area contributed by atoms with Crippen molar-refractivity contribution in [3.8, 4) is 0 Å². The molecule has 1 rings (SSSR count). The maximum absolute atomic E-state index is 10.6. The van der Waals surface area contributed by atoms with Gasteiger partial charge in [0.15, 0.2) is 0 Å². The summed E-state index contributed by atoms with van der Waals surface area (Å²) in [5, 5.41) is 9.02. The van der Waals surface area contributed by atoms with Gasteiger partial charge in [-0.3, -0.25) is 4.79 Å². The number of hydrogen-bond acceptors (Lipinski definition) is 4. The molecule has 0 atom stereocenters. The first-order chi connectivity index (χ1) is 8.31. The van der Waals surface area contributed by atoms with E-state index in [0.717, 1.165) is 18.5 Å². The van der Waals surface area contributed by atoms with Crippen LogP contribution in [0.15, 0.2) is 24.3 Å². The average molecular weight is 237 g/mol. The van der Waals surface area contributed by atoms with Crippen LogP contribution in [-0.4, -0.2) is 44.3 Å². The van der Waals surface area contributed by atoms with Crippen molar-refractivity contribution in [3.63, 3.8) is 0 Å². The van der Waals surface area contributed by atoms with Gasteiger partial charge in [0, 0.05) is 30.9 Å². The van der Waals surface area contributed by atoms with E-state index in [-0.39, 0.29) is 6.61 Å². The van der Waals surface area contributed by atoms with Gasteiger partial charge in [0.05, 0.1) is 13.2 Å². The maximum Gasteiger partial charge on any atom is 0.150 e. The van der Waals surface area contributed by atoms with Crippen LogP contribution in [0.25, 0.3) is 0 Å². The number of aliphatic hydroxyl groups is 1. The van der Waals surface area contributed by atoms with E-state index in [4.69, 9.17) is 9.84 Å². The minimum atomic E-state index is 0.0988. The first-order valence-electron chi connectivity index (χ1n) is 5.80. The van der Waals surface area contributed by atoms with Crippen LogP contribution in [0, 0.1) is 0 Å². The highest BCUT2D eigenvalue weighted by Crippen LogP contribution is 2.14. The third kappa shape index (κ3) is 4.54. The molecule has 0 aliphatic carbocycles. The monoisotopic (exact) mass is 237 g/mol. The quantitative estimate of drug-likeness (QED) is 0.547. The highest BCUT2D eigenvalue weighted by atomic mass is 16.5. The van der Waals surface area contributed by atoms with Crippen molar-refractivity contribution >= 4 is 12.0 Å². The standard InChI is InChI=1S/C13H19NO3/c1-2-17-10-8-14(7-9-15)13-5-3-12(11-16)4-6-13/h3-6,11,15H,2,7-10H2,1H3. The van der Waals surface area contributed by atoms with Gasteiger partial charge in [-0.25, -0.2) is 0 Å². The Balaban J connectivity index is 2.63. The van der Waals surface area contributed by atoms with Crippen LogP contribution in [0.4, 0.5) is 5.69 Å². The Kier molecular flexibility index (Phi) is 6.29. The number of aldehydes is 1. The van der Waals surface area contributed by atoms with Crippen molar-refractivity contribution in [2.24, 2.45) is 0 Å². The molecule has 4 nitrogen and oxygen atoms in total. The van der Waals surface area contributed by atoms with Gasteiger partial charge < -0.3 is 14.7 Å². The van der Waals surface area contributed by atoms with E-state index in [1.165, 1.54) is 0 Å². The molecule has 17 heavy (non-hydrogen) atoms. The first-order valence-corrected chi connectivity index (χ1v) is 5.80. The molecule has 1 aromatic carbocycles. The lowest BCUT2D eigenvalue weighted by Gasteiger charge is -2.23. The summed E-state index contributed by atoms with van der Waals surface area (Å²) in [6.07, 6.45) is 0.820. The first kappa shape index (κ1) is 13.7. The Morgan fingerprint density at radius 1 is 1.29 bits per heavy atom. The van der Waals surface area contributed by atoms with Gasteiger partial charge >= 0.3 is 0 Å². The molecule has 1 aromatic rings. The number of benzene rings is 1. The van der Waals surface area contributed by atoms with Crippen LogP contribution in [0.2, 0.25) is 0 Å². The normalized spacial score (nSPS) is 10.2. The van der Waals surface area contributed by atoms with E-state index in [0.29, 0.717) is 25.3 Å². The zero-order valence-electron chi connectivity index (χ0n) is 10.1. The number of aliphatic hydroxyl groups excluding tert-OH is 1. The van der Waals surface area contributed by atoms with Crippen molar-refractivity contribution in [2.75, 3.05) is 37.8 Å². The van der Waals surface area contributed by atoms with Crippen LogP contribution in [-0.2, 0) is 4.74 Å². The second-order valence-electron chi connectivity index (χ2n) is 3.62. The lowest BCUT2D eigenvalue weighted by molar-refractivity contribution is 0.112. The minimum absolute atomic E-state index is 0.0988. The van der Waals surface area contributed by atoms with Gasteiger partial charge in [0.25, 0.3) is 0 Å². The molecule has 0 saturated heterocycles. The molecule has 94 valence electrons.